The molecule has 0 unspecified atom stereocenters. The molecule has 68 valence electrons. The molecule has 4 heteroatoms. The number of nitrogens with zero attached hydrogens (tertiary/aromatic N) is 1. The van der Waals surface area contributed by atoms with E-state index >= 15 is 0 Å². The molecule has 0 spiro atoms. The van der Waals surface area contributed by atoms with Gasteiger partial charge in [0.1, 0.15) is 6.04 Å². The highest BCUT2D eigenvalue weighted by molar-refractivity contribution is 5.98. The van der Waals surface area contributed by atoms with Crippen LogP contribution in [-0.2, 0) is 9.59 Å². The zero-order chi connectivity index (χ0) is 9.59. The molecule has 13 heavy (non-hydrogen) atoms. The van der Waals surface area contributed by atoms with Crippen molar-refractivity contribution in [3.05, 3.63) is 23.3 Å². The number of rotatable bonds is 1. The Morgan fingerprint density at radius 3 is 2.92 bits per heavy atom. The van der Waals surface area contributed by atoms with Gasteiger partial charge in [0.05, 0.1) is 0 Å². The number of amides is 2. The lowest BCUT2D eigenvalue weighted by molar-refractivity contribution is -0.132. The summed E-state index contributed by atoms with van der Waals surface area (Å²) in [6.45, 7) is 2.33. The summed E-state index contributed by atoms with van der Waals surface area (Å²) in [4.78, 5) is 23.9. The van der Waals surface area contributed by atoms with Crippen LogP contribution >= 0.6 is 0 Å². The van der Waals surface area contributed by atoms with E-state index in [2.05, 4.69) is 0 Å². The second kappa shape index (κ2) is 2.45. The number of hydrogen-bond donors (Lipinski definition) is 1. The molecule has 2 heterocycles. The Kier molecular flexibility index (Phi) is 1.52. The van der Waals surface area contributed by atoms with Gasteiger partial charge in [0, 0.05) is 12.6 Å². The summed E-state index contributed by atoms with van der Waals surface area (Å²) < 4.78 is 0. The standard InChI is InChI=1S/C9H10N2O2/c1-5-2-6-3-7(12)11(4-6)8(5)9(10)13/h2-3,8H,4H2,1H3,(H2,10,13)/t8-/m0/s1. The van der Waals surface area contributed by atoms with Crippen molar-refractivity contribution in [1.82, 2.24) is 4.90 Å². The van der Waals surface area contributed by atoms with Crippen LogP contribution in [0.5, 0.6) is 0 Å². The van der Waals surface area contributed by atoms with Crippen LogP contribution in [0.2, 0.25) is 0 Å². The average molecular weight is 178 g/mol. The predicted octanol–water partition coefficient (Wildman–Crippen LogP) is -0.431. The van der Waals surface area contributed by atoms with Crippen LogP contribution in [0.15, 0.2) is 23.3 Å². The monoisotopic (exact) mass is 178 g/mol. The smallest absolute Gasteiger partial charge is 0.248 e. The Labute approximate surface area is 75.7 Å². The number of carbonyl (C=O) groups excluding carboxylic acids is 2. The summed E-state index contributed by atoms with van der Waals surface area (Å²) in [5.41, 5.74) is 7.01. The van der Waals surface area contributed by atoms with E-state index < -0.39 is 11.9 Å². The Balaban J connectivity index is 2.42. The van der Waals surface area contributed by atoms with Gasteiger partial charge in [0.15, 0.2) is 0 Å². The van der Waals surface area contributed by atoms with Crippen molar-refractivity contribution >= 4 is 11.8 Å². The highest BCUT2D eigenvalue weighted by Gasteiger charge is 2.35. The van der Waals surface area contributed by atoms with Gasteiger partial charge in [0.2, 0.25) is 11.8 Å². The minimum absolute atomic E-state index is 0.119. The summed E-state index contributed by atoms with van der Waals surface area (Å²) in [5.74, 6) is -0.580. The van der Waals surface area contributed by atoms with Gasteiger partial charge >= 0.3 is 0 Å². The maximum atomic E-state index is 11.3. The Morgan fingerprint density at radius 2 is 2.31 bits per heavy atom. The molecular weight excluding hydrogens is 168 g/mol. The molecule has 4 nitrogen and oxygen atoms in total. The topological polar surface area (TPSA) is 63.4 Å². The Morgan fingerprint density at radius 1 is 1.62 bits per heavy atom. The number of carbonyl (C=O) groups is 2. The molecule has 2 N–H and O–H groups in total. The molecule has 2 aliphatic rings. The van der Waals surface area contributed by atoms with Gasteiger partial charge in [-0.2, -0.15) is 0 Å². The second-order valence-electron chi connectivity index (χ2n) is 3.38. The molecule has 1 atom stereocenters. The number of hydrogen-bond acceptors (Lipinski definition) is 2. The first-order valence-electron chi connectivity index (χ1n) is 4.08. The van der Waals surface area contributed by atoms with Gasteiger partial charge in [-0.3, -0.25) is 9.59 Å². The van der Waals surface area contributed by atoms with Gasteiger partial charge in [-0.05, 0) is 18.1 Å². The van der Waals surface area contributed by atoms with Gasteiger partial charge in [-0.1, -0.05) is 6.08 Å². The van der Waals surface area contributed by atoms with Crippen molar-refractivity contribution in [2.75, 3.05) is 6.54 Å². The van der Waals surface area contributed by atoms with Crippen LogP contribution in [-0.4, -0.2) is 29.3 Å². The fourth-order valence-corrected chi connectivity index (χ4v) is 1.86. The zero-order valence-electron chi connectivity index (χ0n) is 7.28. The average Bonchev–Trinajstić information content (AvgIpc) is 2.27. The Hall–Kier alpha value is -1.58. The SMILES string of the molecule is CC1=CC2=CC(=O)N(C2)[C@@H]1C(N)=O. The molecule has 0 saturated carbocycles. The normalized spacial score (nSPS) is 25.8. The van der Waals surface area contributed by atoms with E-state index in [0.29, 0.717) is 6.54 Å². The van der Waals surface area contributed by atoms with Crippen molar-refractivity contribution in [3.63, 3.8) is 0 Å². The first-order chi connectivity index (χ1) is 6.09. The minimum Gasteiger partial charge on any atom is -0.368 e. The molecule has 0 aromatic carbocycles. The molecule has 0 saturated heterocycles. The summed E-state index contributed by atoms with van der Waals surface area (Å²) in [7, 11) is 0. The molecule has 0 aliphatic carbocycles. The minimum atomic E-state index is -0.546. The molecule has 2 aliphatic heterocycles. The lowest BCUT2D eigenvalue weighted by atomic mass is 10.0. The quantitative estimate of drug-likeness (QED) is 0.592. The molecule has 0 fully saturated rings. The van der Waals surface area contributed by atoms with E-state index in [-0.39, 0.29) is 5.91 Å². The van der Waals surface area contributed by atoms with Crippen LogP contribution in [0.25, 0.3) is 0 Å². The van der Waals surface area contributed by atoms with Crippen LogP contribution in [0.1, 0.15) is 6.92 Å². The van der Waals surface area contributed by atoms with Gasteiger partial charge in [-0.15, -0.1) is 0 Å². The molecule has 0 aromatic heterocycles. The van der Waals surface area contributed by atoms with Crippen LogP contribution in [0.4, 0.5) is 0 Å². The third-order valence-electron chi connectivity index (χ3n) is 2.37. The first-order valence-corrected chi connectivity index (χ1v) is 4.08. The number of nitrogens with two attached hydrogens (primary N) is 1. The zero-order valence-corrected chi connectivity index (χ0v) is 7.28. The summed E-state index contributed by atoms with van der Waals surface area (Å²) in [5, 5.41) is 0. The highest BCUT2D eigenvalue weighted by Crippen LogP contribution is 2.26. The van der Waals surface area contributed by atoms with E-state index in [0.717, 1.165) is 11.1 Å². The highest BCUT2D eigenvalue weighted by atomic mass is 16.2. The maximum absolute atomic E-state index is 11.3. The molecule has 2 bridgehead atoms. The van der Waals surface area contributed by atoms with E-state index in [1.807, 2.05) is 13.0 Å². The Bertz CT molecular complexity index is 355. The van der Waals surface area contributed by atoms with Gasteiger partial charge < -0.3 is 10.6 Å². The van der Waals surface area contributed by atoms with E-state index in [1.54, 1.807) is 6.08 Å². The molecule has 2 rings (SSSR count). The van der Waals surface area contributed by atoms with E-state index in [1.165, 1.54) is 4.90 Å². The third-order valence-corrected chi connectivity index (χ3v) is 2.37. The van der Waals surface area contributed by atoms with Crippen molar-refractivity contribution in [2.45, 2.75) is 13.0 Å². The fraction of sp³-hybridized carbons (Fsp3) is 0.333. The lowest BCUT2D eigenvalue weighted by Crippen LogP contribution is -2.47. The summed E-state index contributed by atoms with van der Waals surface area (Å²) >= 11 is 0. The van der Waals surface area contributed by atoms with Crippen molar-refractivity contribution in [3.8, 4) is 0 Å². The molecular formula is C9H10N2O2. The van der Waals surface area contributed by atoms with Crippen LogP contribution in [0, 0.1) is 0 Å². The van der Waals surface area contributed by atoms with E-state index in [4.69, 9.17) is 5.73 Å². The van der Waals surface area contributed by atoms with Gasteiger partial charge in [-0.25, -0.2) is 0 Å². The maximum Gasteiger partial charge on any atom is 0.248 e. The first kappa shape index (κ1) is 8.04. The molecule has 0 aromatic rings. The van der Waals surface area contributed by atoms with Crippen molar-refractivity contribution < 1.29 is 9.59 Å². The predicted molar refractivity (Wildman–Crippen MR) is 46.5 cm³/mol. The summed E-state index contributed by atoms with van der Waals surface area (Å²) in [6, 6.07) is -0.546. The number of fused-ring (bicyclic) bond motifs is 2. The van der Waals surface area contributed by atoms with Gasteiger partial charge in [0.25, 0.3) is 0 Å². The second-order valence-corrected chi connectivity index (χ2v) is 3.38. The van der Waals surface area contributed by atoms with Crippen molar-refractivity contribution in [1.29, 1.82) is 0 Å². The van der Waals surface area contributed by atoms with Crippen molar-refractivity contribution in [2.24, 2.45) is 5.73 Å². The molecule has 0 radical (unpaired) electrons. The third kappa shape index (κ3) is 1.06. The van der Waals surface area contributed by atoms with Crippen LogP contribution < -0.4 is 5.73 Å². The number of primary amides is 1. The largest absolute Gasteiger partial charge is 0.368 e. The summed E-state index contributed by atoms with van der Waals surface area (Å²) in [6.07, 6.45) is 3.41. The fourth-order valence-electron chi connectivity index (χ4n) is 1.86. The lowest BCUT2D eigenvalue weighted by Gasteiger charge is -2.29. The van der Waals surface area contributed by atoms with E-state index in [9.17, 15) is 9.59 Å². The van der Waals surface area contributed by atoms with Crippen LogP contribution in [0.3, 0.4) is 0 Å². The molecule has 2 amide bonds.